The van der Waals surface area contributed by atoms with Crippen molar-refractivity contribution in [1.29, 1.82) is 0 Å². The lowest BCUT2D eigenvalue weighted by atomic mass is 9.80. The van der Waals surface area contributed by atoms with Crippen LogP contribution in [0.3, 0.4) is 0 Å². The zero-order valence-electron chi connectivity index (χ0n) is 21.9. The Morgan fingerprint density at radius 3 is 1.61 bits per heavy atom. The van der Waals surface area contributed by atoms with E-state index in [-0.39, 0.29) is 13.2 Å². The number of nitrogens with one attached hydrogen (secondary N) is 1. The number of dihydropyridines is 1. The molecule has 3 aromatic rings. The Morgan fingerprint density at radius 1 is 0.684 bits per heavy atom. The van der Waals surface area contributed by atoms with Gasteiger partial charge in [-0.25, -0.2) is 9.59 Å². The van der Waals surface area contributed by atoms with E-state index in [1.165, 1.54) is 7.11 Å². The predicted molar refractivity (Wildman–Crippen MR) is 143 cm³/mol. The van der Waals surface area contributed by atoms with Crippen molar-refractivity contribution in [1.82, 2.24) is 5.32 Å². The van der Waals surface area contributed by atoms with E-state index in [1.54, 1.807) is 33.1 Å². The largest absolute Gasteiger partial charge is 0.493 e. The highest BCUT2D eigenvalue weighted by atomic mass is 16.5. The van der Waals surface area contributed by atoms with Gasteiger partial charge < -0.3 is 24.3 Å². The third-order valence-corrected chi connectivity index (χ3v) is 6.37. The second-order valence-corrected chi connectivity index (χ2v) is 8.87. The van der Waals surface area contributed by atoms with Crippen LogP contribution in [0.15, 0.2) is 101 Å². The fourth-order valence-electron chi connectivity index (χ4n) is 4.50. The molecule has 0 aliphatic carbocycles. The molecule has 7 nitrogen and oxygen atoms in total. The Labute approximate surface area is 222 Å². The summed E-state index contributed by atoms with van der Waals surface area (Å²) in [5, 5.41) is 3.19. The van der Waals surface area contributed by atoms with Crippen LogP contribution in [0.4, 0.5) is 0 Å². The molecule has 7 heteroatoms. The number of esters is 2. The number of carbonyl (C=O) groups excluding carboxylic acids is 2. The van der Waals surface area contributed by atoms with Crippen molar-refractivity contribution in [3.63, 3.8) is 0 Å². The highest BCUT2D eigenvalue weighted by Crippen LogP contribution is 2.42. The summed E-state index contributed by atoms with van der Waals surface area (Å²) in [7, 11) is 3.09. The zero-order chi connectivity index (χ0) is 27.1. The average molecular weight is 514 g/mol. The molecule has 0 spiro atoms. The first-order chi connectivity index (χ1) is 18.4. The number of carbonyl (C=O) groups is 2. The van der Waals surface area contributed by atoms with Gasteiger partial charge >= 0.3 is 11.9 Å². The van der Waals surface area contributed by atoms with Crippen molar-refractivity contribution in [2.75, 3.05) is 14.2 Å². The second-order valence-electron chi connectivity index (χ2n) is 8.87. The van der Waals surface area contributed by atoms with Gasteiger partial charge in [-0.05, 0) is 42.7 Å². The van der Waals surface area contributed by atoms with Gasteiger partial charge in [0.1, 0.15) is 13.2 Å². The van der Waals surface area contributed by atoms with E-state index in [4.69, 9.17) is 18.9 Å². The SMILES string of the molecule is COc1ccc(C2C(C(=O)OCc3ccccc3)=C(C)NC(C)=C2C(=O)OCc2ccccc2)cc1OC. The van der Waals surface area contributed by atoms with Crippen molar-refractivity contribution in [2.45, 2.75) is 33.0 Å². The molecule has 0 bridgehead atoms. The van der Waals surface area contributed by atoms with Crippen LogP contribution in [0.1, 0.15) is 36.5 Å². The maximum Gasteiger partial charge on any atom is 0.337 e. The first-order valence-electron chi connectivity index (χ1n) is 12.3. The van der Waals surface area contributed by atoms with Crippen molar-refractivity contribution < 1.29 is 28.5 Å². The minimum atomic E-state index is -0.748. The summed E-state index contributed by atoms with van der Waals surface area (Å²) in [6.07, 6.45) is 0. The number of ether oxygens (including phenoxy) is 4. The summed E-state index contributed by atoms with van der Waals surface area (Å²) in [5.74, 6) is -0.789. The molecule has 4 rings (SSSR count). The van der Waals surface area contributed by atoms with Crippen LogP contribution in [-0.4, -0.2) is 26.2 Å². The number of hydrogen-bond acceptors (Lipinski definition) is 7. The molecule has 0 atom stereocenters. The van der Waals surface area contributed by atoms with Gasteiger partial charge in [-0.1, -0.05) is 66.7 Å². The quantitative estimate of drug-likeness (QED) is 0.382. The van der Waals surface area contributed by atoms with Gasteiger partial charge in [0.2, 0.25) is 0 Å². The molecule has 0 unspecified atom stereocenters. The number of methoxy groups -OCH3 is 2. The number of allylic oxidation sites excluding steroid dienone is 2. The monoisotopic (exact) mass is 513 g/mol. The second kappa shape index (κ2) is 12.1. The molecule has 0 saturated carbocycles. The summed E-state index contributed by atoms with van der Waals surface area (Å²) in [4.78, 5) is 27.1. The molecule has 1 N–H and O–H groups in total. The highest BCUT2D eigenvalue weighted by Gasteiger charge is 2.38. The van der Waals surface area contributed by atoms with Crippen LogP contribution in [0.2, 0.25) is 0 Å². The summed E-state index contributed by atoms with van der Waals surface area (Å²) < 4.78 is 22.4. The van der Waals surface area contributed by atoms with Crippen molar-refractivity contribution in [3.05, 3.63) is 118 Å². The fourth-order valence-corrected chi connectivity index (χ4v) is 4.50. The summed E-state index contributed by atoms with van der Waals surface area (Å²) in [5.41, 5.74) is 4.23. The summed E-state index contributed by atoms with van der Waals surface area (Å²) >= 11 is 0. The van der Waals surface area contributed by atoms with Crippen LogP contribution in [-0.2, 0) is 32.3 Å². The molecule has 0 saturated heterocycles. The number of benzene rings is 3. The van der Waals surface area contributed by atoms with Crippen molar-refractivity contribution >= 4 is 11.9 Å². The smallest absolute Gasteiger partial charge is 0.337 e. The number of hydrogen-bond donors (Lipinski definition) is 1. The Balaban J connectivity index is 1.71. The molecule has 0 aromatic heterocycles. The predicted octanol–water partition coefficient (Wildman–Crippen LogP) is 5.43. The average Bonchev–Trinajstić information content (AvgIpc) is 2.95. The zero-order valence-corrected chi connectivity index (χ0v) is 21.9. The van der Waals surface area contributed by atoms with Gasteiger partial charge in [0.25, 0.3) is 0 Å². The number of rotatable bonds is 9. The van der Waals surface area contributed by atoms with E-state index >= 15 is 0 Å². The van der Waals surface area contributed by atoms with E-state index in [0.29, 0.717) is 39.6 Å². The molecule has 0 fully saturated rings. The lowest BCUT2D eigenvalue weighted by Gasteiger charge is -2.31. The van der Waals surface area contributed by atoms with Gasteiger partial charge in [0.15, 0.2) is 11.5 Å². The molecule has 1 aliphatic rings. The standard InChI is InChI=1S/C31H31NO6/c1-20-27(30(33)37-18-22-11-7-5-8-12-22)29(24-15-16-25(35-3)26(17-24)36-4)28(21(2)32-20)31(34)38-19-23-13-9-6-10-14-23/h5-17,29,32H,18-19H2,1-4H3. The molecular formula is C31H31NO6. The third kappa shape index (κ3) is 5.89. The van der Waals surface area contributed by atoms with Gasteiger partial charge in [0, 0.05) is 11.4 Å². The van der Waals surface area contributed by atoms with Crippen molar-refractivity contribution in [3.8, 4) is 11.5 Å². The summed E-state index contributed by atoms with van der Waals surface area (Å²) in [6, 6.07) is 24.2. The van der Waals surface area contributed by atoms with Gasteiger partial charge in [-0.2, -0.15) is 0 Å². The minimum Gasteiger partial charge on any atom is -0.493 e. The Bertz CT molecular complexity index is 1280. The van der Waals surface area contributed by atoms with Crippen LogP contribution in [0.25, 0.3) is 0 Å². The third-order valence-electron chi connectivity index (χ3n) is 6.37. The van der Waals surface area contributed by atoms with Crippen LogP contribution in [0, 0.1) is 0 Å². The minimum absolute atomic E-state index is 0.103. The maximum atomic E-state index is 13.5. The molecule has 0 amide bonds. The van der Waals surface area contributed by atoms with E-state index in [2.05, 4.69) is 5.32 Å². The molecule has 38 heavy (non-hydrogen) atoms. The van der Waals surface area contributed by atoms with Gasteiger partial charge in [-0.3, -0.25) is 0 Å². The van der Waals surface area contributed by atoms with Gasteiger partial charge in [-0.15, -0.1) is 0 Å². The van der Waals surface area contributed by atoms with Crippen LogP contribution in [0.5, 0.6) is 11.5 Å². The van der Waals surface area contributed by atoms with E-state index in [0.717, 1.165) is 11.1 Å². The normalized spacial score (nSPS) is 13.6. The maximum absolute atomic E-state index is 13.5. The van der Waals surface area contributed by atoms with Crippen LogP contribution < -0.4 is 14.8 Å². The van der Waals surface area contributed by atoms with E-state index in [1.807, 2.05) is 66.7 Å². The fraction of sp³-hybridized carbons (Fsp3) is 0.226. The Hall–Kier alpha value is -4.52. The van der Waals surface area contributed by atoms with Crippen molar-refractivity contribution in [2.24, 2.45) is 0 Å². The summed E-state index contributed by atoms with van der Waals surface area (Å²) in [6.45, 7) is 3.79. The molecular weight excluding hydrogens is 482 g/mol. The van der Waals surface area contributed by atoms with E-state index in [9.17, 15) is 9.59 Å². The Morgan fingerprint density at radius 2 is 1.16 bits per heavy atom. The molecule has 196 valence electrons. The molecule has 0 radical (unpaired) electrons. The Kier molecular flexibility index (Phi) is 8.48. The first-order valence-corrected chi connectivity index (χ1v) is 12.3. The van der Waals surface area contributed by atoms with Crippen LogP contribution >= 0.6 is 0 Å². The van der Waals surface area contributed by atoms with Gasteiger partial charge in [0.05, 0.1) is 31.3 Å². The molecule has 1 aliphatic heterocycles. The topological polar surface area (TPSA) is 83.1 Å². The lowest BCUT2D eigenvalue weighted by molar-refractivity contribution is -0.141. The molecule has 1 heterocycles. The van der Waals surface area contributed by atoms with E-state index < -0.39 is 17.9 Å². The highest BCUT2D eigenvalue weighted by molar-refractivity contribution is 6.00. The molecule has 3 aromatic carbocycles. The lowest BCUT2D eigenvalue weighted by Crippen LogP contribution is -2.32. The first kappa shape index (κ1) is 26.5.